The summed E-state index contributed by atoms with van der Waals surface area (Å²) in [6.07, 6.45) is 4.24. The summed E-state index contributed by atoms with van der Waals surface area (Å²) in [5.74, 6) is 0. The molecule has 1 fully saturated rings. The highest BCUT2D eigenvalue weighted by Crippen LogP contribution is 2.36. The Bertz CT molecular complexity index is 454. The number of urea groups is 1. The van der Waals surface area contributed by atoms with Crippen LogP contribution in [-0.2, 0) is 6.54 Å². The SMILES string of the molecule is CCC1(CC)CN(C(=O)NCc2ccn(C(C)C)n2)C1. The molecule has 0 spiro atoms. The molecule has 20 heavy (non-hydrogen) atoms. The molecule has 0 saturated carbocycles. The molecular weight excluding hydrogens is 252 g/mol. The van der Waals surface area contributed by atoms with Crippen molar-refractivity contribution in [1.29, 1.82) is 0 Å². The lowest BCUT2D eigenvalue weighted by Gasteiger charge is -2.49. The fraction of sp³-hybridized carbons (Fsp3) is 0.733. The van der Waals surface area contributed by atoms with E-state index >= 15 is 0 Å². The van der Waals surface area contributed by atoms with E-state index in [9.17, 15) is 4.79 Å². The van der Waals surface area contributed by atoms with Crippen LogP contribution in [0.2, 0.25) is 0 Å². The minimum atomic E-state index is 0.0293. The van der Waals surface area contributed by atoms with Crippen molar-refractivity contribution in [3.8, 4) is 0 Å². The van der Waals surface area contributed by atoms with Gasteiger partial charge in [-0.25, -0.2) is 4.79 Å². The zero-order chi connectivity index (χ0) is 14.8. The lowest BCUT2D eigenvalue weighted by atomic mass is 9.75. The van der Waals surface area contributed by atoms with Crippen LogP contribution >= 0.6 is 0 Å². The van der Waals surface area contributed by atoms with E-state index in [-0.39, 0.29) is 6.03 Å². The third-order valence-corrected chi connectivity index (χ3v) is 4.45. The van der Waals surface area contributed by atoms with Crippen LogP contribution in [0.1, 0.15) is 52.3 Å². The van der Waals surface area contributed by atoms with Gasteiger partial charge in [-0.3, -0.25) is 4.68 Å². The van der Waals surface area contributed by atoms with Crippen LogP contribution in [-0.4, -0.2) is 33.8 Å². The molecule has 0 atom stereocenters. The van der Waals surface area contributed by atoms with Gasteiger partial charge in [0.05, 0.1) is 12.2 Å². The Kier molecular flexibility index (Phi) is 4.35. The standard InChI is InChI=1S/C15H26N4O/c1-5-15(6-2)10-18(11-15)14(20)16-9-13-7-8-19(17-13)12(3)4/h7-8,12H,5-6,9-11H2,1-4H3,(H,16,20). The molecule has 2 amide bonds. The average molecular weight is 278 g/mol. The molecule has 2 heterocycles. The minimum Gasteiger partial charge on any atom is -0.332 e. The van der Waals surface area contributed by atoms with Crippen LogP contribution in [0, 0.1) is 5.41 Å². The molecule has 0 aliphatic carbocycles. The highest BCUT2D eigenvalue weighted by molar-refractivity contribution is 5.75. The summed E-state index contributed by atoms with van der Waals surface area (Å²) in [5.41, 5.74) is 1.26. The second-order valence-corrected chi connectivity index (χ2v) is 6.10. The molecule has 2 rings (SSSR count). The zero-order valence-corrected chi connectivity index (χ0v) is 13.0. The zero-order valence-electron chi connectivity index (χ0n) is 13.0. The number of nitrogens with one attached hydrogen (secondary N) is 1. The number of carbonyl (C=O) groups is 1. The number of nitrogens with zero attached hydrogens (tertiary/aromatic N) is 3. The highest BCUT2D eigenvalue weighted by atomic mass is 16.2. The summed E-state index contributed by atoms with van der Waals surface area (Å²) < 4.78 is 1.91. The van der Waals surface area contributed by atoms with Crippen molar-refractivity contribution in [1.82, 2.24) is 20.0 Å². The van der Waals surface area contributed by atoms with E-state index in [1.807, 2.05) is 21.8 Å². The molecule has 1 aromatic heterocycles. The van der Waals surface area contributed by atoms with Crippen LogP contribution in [0.4, 0.5) is 4.79 Å². The first-order valence-electron chi connectivity index (χ1n) is 7.56. The lowest BCUT2D eigenvalue weighted by Crippen LogP contribution is -2.60. The Hall–Kier alpha value is -1.52. The van der Waals surface area contributed by atoms with Crippen LogP contribution < -0.4 is 5.32 Å². The predicted molar refractivity (Wildman–Crippen MR) is 79.4 cm³/mol. The first-order valence-corrected chi connectivity index (χ1v) is 7.56. The number of hydrogen-bond donors (Lipinski definition) is 1. The Morgan fingerprint density at radius 1 is 1.40 bits per heavy atom. The van der Waals surface area contributed by atoms with Crippen molar-refractivity contribution in [2.24, 2.45) is 5.41 Å². The average Bonchev–Trinajstić information content (AvgIpc) is 2.85. The Labute approximate surface area is 121 Å². The van der Waals surface area contributed by atoms with Crippen molar-refractivity contribution < 1.29 is 4.79 Å². The maximum Gasteiger partial charge on any atom is 0.317 e. The Morgan fingerprint density at radius 3 is 2.55 bits per heavy atom. The maximum absolute atomic E-state index is 12.0. The number of hydrogen-bond acceptors (Lipinski definition) is 2. The molecule has 1 N–H and O–H groups in total. The van der Waals surface area contributed by atoms with Crippen LogP contribution in [0.3, 0.4) is 0 Å². The summed E-state index contributed by atoms with van der Waals surface area (Å²) in [6.45, 7) is 10.8. The van der Waals surface area contributed by atoms with Gasteiger partial charge in [-0.2, -0.15) is 5.10 Å². The fourth-order valence-corrected chi connectivity index (χ4v) is 2.64. The number of likely N-dealkylation sites (tertiary alicyclic amines) is 1. The molecule has 5 nitrogen and oxygen atoms in total. The molecule has 1 aliphatic rings. The quantitative estimate of drug-likeness (QED) is 0.900. The first-order chi connectivity index (χ1) is 9.49. The Morgan fingerprint density at radius 2 is 2.05 bits per heavy atom. The van der Waals surface area contributed by atoms with E-state index in [1.54, 1.807) is 0 Å². The third-order valence-electron chi connectivity index (χ3n) is 4.45. The van der Waals surface area contributed by atoms with Gasteiger partial charge in [0.1, 0.15) is 0 Å². The van der Waals surface area contributed by atoms with Crippen molar-refractivity contribution in [3.63, 3.8) is 0 Å². The molecule has 1 aliphatic heterocycles. The first kappa shape index (κ1) is 14.9. The van der Waals surface area contributed by atoms with Gasteiger partial charge < -0.3 is 10.2 Å². The second-order valence-electron chi connectivity index (χ2n) is 6.10. The fourth-order valence-electron chi connectivity index (χ4n) is 2.64. The molecule has 0 aromatic carbocycles. The number of rotatable bonds is 5. The highest BCUT2D eigenvalue weighted by Gasteiger charge is 2.42. The van der Waals surface area contributed by atoms with Crippen molar-refractivity contribution in [2.45, 2.75) is 53.1 Å². The molecule has 0 radical (unpaired) electrons. The van der Waals surface area contributed by atoms with Gasteiger partial charge in [0.25, 0.3) is 0 Å². The van der Waals surface area contributed by atoms with E-state index in [0.717, 1.165) is 31.6 Å². The number of amides is 2. The molecule has 5 heteroatoms. The van der Waals surface area contributed by atoms with E-state index in [2.05, 4.69) is 38.1 Å². The lowest BCUT2D eigenvalue weighted by molar-refractivity contribution is 0.0246. The van der Waals surface area contributed by atoms with Gasteiger partial charge in [0.15, 0.2) is 0 Å². The maximum atomic E-state index is 12.0. The summed E-state index contributed by atoms with van der Waals surface area (Å²) in [6, 6.07) is 2.34. The van der Waals surface area contributed by atoms with Gasteiger partial charge in [-0.15, -0.1) is 0 Å². The summed E-state index contributed by atoms with van der Waals surface area (Å²) >= 11 is 0. The van der Waals surface area contributed by atoms with Crippen molar-refractivity contribution in [2.75, 3.05) is 13.1 Å². The van der Waals surface area contributed by atoms with Gasteiger partial charge in [0.2, 0.25) is 0 Å². The second kappa shape index (κ2) is 5.85. The van der Waals surface area contributed by atoms with E-state index in [1.165, 1.54) is 0 Å². The number of aromatic nitrogens is 2. The van der Waals surface area contributed by atoms with E-state index in [0.29, 0.717) is 18.0 Å². The van der Waals surface area contributed by atoms with Gasteiger partial charge in [-0.1, -0.05) is 13.8 Å². The van der Waals surface area contributed by atoms with Gasteiger partial charge in [-0.05, 0) is 32.8 Å². The summed E-state index contributed by atoms with van der Waals surface area (Å²) in [5, 5.41) is 7.38. The molecule has 0 unspecified atom stereocenters. The minimum absolute atomic E-state index is 0.0293. The molecule has 1 saturated heterocycles. The summed E-state index contributed by atoms with van der Waals surface area (Å²) in [7, 11) is 0. The van der Waals surface area contributed by atoms with Crippen LogP contribution in [0.25, 0.3) is 0 Å². The van der Waals surface area contributed by atoms with Crippen molar-refractivity contribution >= 4 is 6.03 Å². The van der Waals surface area contributed by atoms with Gasteiger partial charge >= 0.3 is 6.03 Å². The van der Waals surface area contributed by atoms with Crippen molar-refractivity contribution in [3.05, 3.63) is 18.0 Å². The number of carbonyl (C=O) groups excluding carboxylic acids is 1. The smallest absolute Gasteiger partial charge is 0.317 e. The van der Waals surface area contributed by atoms with Crippen LogP contribution in [0.5, 0.6) is 0 Å². The topological polar surface area (TPSA) is 50.2 Å². The summed E-state index contributed by atoms with van der Waals surface area (Å²) in [4.78, 5) is 13.9. The van der Waals surface area contributed by atoms with E-state index < -0.39 is 0 Å². The molecule has 1 aromatic rings. The molecule has 112 valence electrons. The monoisotopic (exact) mass is 278 g/mol. The van der Waals surface area contributed by atoms with Gasteiger partial charge in [0, 0.05) is 30.7 Å². The predicted octanol–water partition coefficient (Wildman–Crippen LogP) is 2.80. The Balaban J connectivity index is 1.79. The molecular formula is C15H26N4O. The van der Waals surface area contributed by atoms with E-state index in [4.69, 9.17) is 0 Å². The molecule has 0 bridgehead atoms. The third kappa shape index (κ3) is 2.97. The largest absolute Gasteiger partial charge is 0.332 e. The van der Waals surface area contributed by atoms with Crippen LogP contribution in [0.15, 0.2) is 12.3 Å². The normalized spacial score (nSPS) is 17.1.